The molecule has 2 atom stereocenters. The number of aryl methyl sites for hydroxylation is 1. The lowest BCUT2D eigenvalue weighted by atomic mass is 10.0. The molecular formula is C19H24N6O. The molecule has 4 heterocycles. The van der Waals surface area contributed by atoms with E-state index in [-0.39, 0.29) is 5.56 Å². The summed E-state index contributed by atoms with van der Waals surface area (Å²) in [5.74, 6) is 3.11. The number of nitrogens with zero attached hydrogens (tertiary/aromatic N) is 6. The molecule has 2 aromatic rings. The van der Waals surface area contributed by atoms with Gasteiger partial charge in [0.05, 0.1) is 6.20 Å². The predicted octanol–water partition coefficient (Wildman–Crippen LogP) is 1.02. The first-order chi connectivity index (χ1) is 12.7. The third-order valence-corrected chi connectivity index (χ3v) is 5.99. The average molecular weight is 352 g/mol. The number of hydrogen-bond acceptors (Lipinski definition) is 6. The first-order valence-corrected chi connectivity index (χ1v) is 9.47. The van der Waals surface area contributed by atoms with Crippen molar-refractivity contribution in [3.63, 3.8) is 0 Å². The van der Waals surface area contributed by atoms with E-state index in [2.05, 4.69) is 30.9 Å². The highest BCUT2D eigenvalue weighted by molar-refractivity contribution is 5.42. The summed E-state index contributed by atoms with van der Waals surface area (Å²) in [6.45, 7) is 5.11. The maximum atomic E-state index is 11.8. The minimum Gasteiger partial charge on any atom is -0.356 e. The van der Waals surface area contributed by atoms with Gasteiger partial charge in [-0.1, -0.05) is 0 Å². The van der Waals surface area contributed by atoms with Gasteiger partial charge in [-0.2, -0.15) is 5.10 Å². The Kier molecular flexibility index (Phi) is 3.77. The van der Waals surface area contributed by atoms with Crippen LogP contribution in [0, 0.1) is 11.8 Å². The molecule has 2 saturated heterocycles. The van der Waals surface area contributed by atoms with E-state index in [9.17, 15) is 4.79 Å². The summed E-state index contributed by atoms with van der Waals surface area (Å²) in [7, 11) is 1.68. The van der Waals surface area contributed by atoms with Crippen LogP contribution in [0.3, 0.4) is 0 Å². The molecule has 0 N–H and O–H groups in total. The fourth-order valence-electron chi connectivity index (χ4n) is 4.39. The van der Waals surface area contributed by atoms with Gasteiger partial charge < -0.3 is 4.90 Å². The van der Waals surface area contributed by atoms with Gasteiger partial charge in [-0.15, -0.1) is 0 Å². The fourth-order valence-corrected chi connectivity index (χ4v) is 4.39. The van der Waals surface area contributed by atoms with E-state index in [4.69, 9.17) is 0 Å². The molecule has 2 aromatic heterocycles. The van der Waals surface area contributed by atoms with Crippen molar-refractivity contribution >= 4 is 5.82 Å². The minimum absolute atomic E-state index is 0.0386. The Morgan fingerprint density at radius 1 is 1.08 bits per heavy atom. The molecule has 1 saturated carbocycles. The summed E-state index contributed by atoms with van der Waals surface area (Å²) in [5, 5.41) is 4.13. The first kappa shape index (κ1) is 15.9. The van der Waals surface area contributed by atoms with Crippen LogP contribution in [0.4, 0.5) is 5.82 Å². The lowest BCUT2D eigenvalue weighted by Gasteiger charge is -2.22. The summed E-state index contributed by atoms with van der Waals surface area (Å²) in [4.78, 5) is 25.6. The van der Waals surface area contributed by atoms with Gasteiger partial charge in [0.15, 0.2) is 0 Å². The highest BCUT2D eigenvalue weighted by atomic mass is 16.1. The standard InChI is InChI=1S/C19H24N6O/c1-23-19(26)4-13(6-22-23)7-24-8-15-10-25(11-16(15)9-24)18-5-17(14-2-3-14)20-12-21-18/h4-6,12,14-16H,2-3,7-11H2,1H3. The number of aromatic nitrogens is 4. The second kappa shape index (κ2) is 6.16. The quantitative estimate of drug-likeness (QED) is 0.818. The van der Waals surface area contributed by atoms with Gasteiger partial charge in [-0.3, -0.25) is 9.69 Å². The van der Waals surface area contributed by atoms with Crippen molar-refractivity contribution < 1.29 is 0 Å². The zero-order chi connectivity index (χ0) is 17.7. The molecule has 0 bridgehead atoms. The number of likely N-dealkylation sites (tertiary alicyclic amines) is 1. The van der Waals surface area contributed by atoms with Gasteiger partial charge in [0.1, 0.15) is 12.1 Å². The third kappa shape index (κ3) is 3.00. The van der Waals surface area contributed by atoms with Crippen LogP contribution in [-0.4, -0.2) is 50.8 Å². The average Bonchev–Trinajstić information content (AvgIpc) is 3.31. The summed E-state index contributed by atoms with van der Waals surface area (Å²) in [6, 6.07) is 3.90. The van der Waals surface area contributed by atoms with Crippen molar-refractivity contribution in [2.45, 2.75) is 25.3 Å². The molecule has 1 aliphatic carbocycles. The molecule has 2 unspecified atom stereocenters. The Morgan fingerprint density at radius 3 is 2.54 bits per heavy atom. The van der Waals surface area contributed by atoms with Gasteiger partial charge in [-0.25, -0.2) is 14.6 Å². The van der Waals surface area contributed by atoms with Crippen LogP contribution in [0.15, 0.2) is 29.5 Å². The molecule has 7 heteroatoms. The first-order valence-electron chi connectivity index (χ1n) is 9.47. The SMILES string of the molecule is Cn1ncc(CN2CC3CN(c4cc(C5CC5)ncn4)CC3C2)cc1=O. The predicted molar refractivity (Wildman–Crippen MR) is 98.0 cm³/mol. The monoisotopic (exact) mass is 352 g/mol. The molecule has 7 nitrogen and oxygen atoms in total. The number of hydrogen-bond donors (Lipinski definition) is 0. The molecule has 0 aromatic carbocycles. The molecule has 0 amide bonds. The Balaban J connectivity index is 1.22. The van der Waals surface area contributed by atoms with Gasteiger partial charge >= 0.3 is 0 Å². The van der Waals surface area contributed by atoms with E-state index < -0.39 is 0 Å². The number of rotatable bonds is 4. The van der Waals surface area contributed by atoms with Crippen molar-refractivity contribution in [1.82, 2.24) is 24.6 Å². The Labute approximate surface area is 152 Å². The van der Waals surface area contributed by atoms with Crippen LogP contribution in [0.5, 0.6) is 0 Å². The Morgan fingerprint density at radius 2 is 1.85 bits per heavy atom. The van der Waals surface area contributed by atoms with E-state index in [1.165, 1.54) is 23.2 Å². The van der Waals surface area contributed by atoms with Crippen molar-refractivity contribution in [3.05, 3.63) is 46.3 Å². The molecule has 3 fully saturated rings. The van der Waals surface area contributed by atoms with Crippen molar-refractivity contribution in [2.75, 3.05) is 31.1 Å². The molecule has 0 spiro atoms. The molecule has 2 aliphatic heterocycles. The smallest absolute Gasteiger partial charge is 0.266 e. The Hall–Kier alpha value is -2.28. The summed E-state index contributed by atoms with van der Waals surface area (Å²) < 4.78 is 1.37. The molecule has 26 heavy (non-hydrogen) atoms. The van der Waals surface area contributed by atoms with Crippen molar-refractivity contribution in [3.8, 4) is 0 Å². The largest absolute Gasteiger partial charge is 0.356 e. The van der Waals surface area contributed by atoms with E-state index in [1.807, 2.05) is 6.20 Å². The normalized spacial score (nSPS) is 25.7. The lowest BCUT2D eigenvalue weighted by molar-refractivity contribution is 0.307. The van der Waals surface area contributed by atoms with Gasteiger partial charge in [0, 0.05) is 63.5 Å². The number of fused-ring (bicyclic) bond motifs is 1. The summed E-state index contributed by atoms with van der Waals surface area (Å²) >= 11 is 0. The zero-order valence-electron chi connectivity index (χ0n) is 15.1. The van der Waals surface area contributed by atoms with Gasteiger partial charge in [0.2, 0.25) is 0 Å². The fraction of sp³-hybridized carbons (Fsp3) is 0.579. The molecule has 5 rings (SSSR count). The maximum Gasteiger partial charge on any atom is 0.266 e. The van der Waals surface area contributed by atoms with Gasteiger partial charge in [-0.05, 0) is 30.2 Å². The van der Waals surface area contributed by atoms with Crippen LogP contribution in [0.2, 0.25) is 0 Å². The summed E-state index contributed by atoms with van der Waals surface area (Å²) in [6.07, 6.45) is 6.08. The topological polar surface area (TPSA) is 67.2 Å². The van der Waals surface area contributed by atoms with Gasteiger partial charge in [0.25, 0.3) is 5.56 Å². The van der Waals surface area contributed by atoms with Crippen LogP contribution < -0.4 is 10.5 Å². The van der Waals surface area contributed by atoms with Crippen molar-refractivity contribution in [2.24, 2.45) is 18.9 Å². The molecule has 136 valence electrons. The number of anilines is 1. The molecular weight excluding hydrogens is 328 g/mol. The zero-order valence-corrected chi connectivity index (χ0v) is 15.1. The molecule has 0 radical (unpaired) electrons. The maximum absolute atomic E-state index is 11.8. The van der Waals surface area contributed by atoms with E-state index in [0.717, 1.165) is 44.1 Å². The Bertz CT molecular complexity index is 862. The van der Waals surface area contributed by atoms with Crippen LogP contribution >= 0.6 is 0 Å². The second-order valence-corrected chi connectivity index (χ2v) is 8.02. The van der Waals surface area contributed by atoms with E-state index >= 15 is 0 Å². The van der Waals surface area contributed by atoms with E-state index in [1.54, 1.807) is 19.4 Å². The van der Waals surface area contributed by atoms with Crippen molar-refractivity contribution in [1.29, 1.82) is 0 Å². The lowest BCUT2D eigenvalue weighted by Crippen LogP contribution is -2.30. The highest BCUT2D eigenvalue weighted by Crippen LogP contribution is 2.40. The van der Waals surface area contributed by atoms with E-state index in [0.29, 0.717) is 17.8 Å². The molecule has 3 aliphatic rings. The highest BCUT2D eigenvalue weighted by Gasteiger charge is 2.40. The minimum atomic E-state index is -0.0386. The third-order valence-electron chi connectivity index (χ3n) is 5.99. The van der Waals surface area contributed by atoms with Crippen LogP contribution in [0.25, 0.3) is 0 Å². The summed E-state index contributed by atoms with van der Waals surface area (Å²) in [5.41, 5.74) is 2.19. The van der Waals surface area contributed by atoms with Crippen LogP contribution in [-0.2, 0) is 13.6 Å². The second-order valence-electron chi connectivity index (χ2n) is 8.02. The van der Waals surface area contributed by atoms with Crippen LogP contribution in [0.1, 0.15) is 30.0 Å².